The molecular formula is C19H15N3O2. The Labute approximate surface area is 139 Å². The van der Waals surface area contributed by atoms with Gasteiger partial charge in [0.2, 0.25) is 5.88 Å². The molecule has 2 aromatic rings. The SMILES string of the molecule is N#CC1=C(n2cccc2)OC2=C(C(=O)CCC2)[C@@H]1c1cccnc1. The number of ether oxygens (including phenoxy) is 1. The number of pyridine rings is 1. The van der Waals surface area contributed by atoms with Crippen LogP contribution in [0, 0.1) is 11.3 Å². The number of aromatic nitrogens is 2. The van der Waals surface area contributed by atoms with Crippen LogP contribution in [0.4, 0.5) is 0 Å². The number of nitriles is 1. The number of allylic oxidation sites excluding steroid dienone is 3. The van der Waals surface area contributed by atoms with Crippen molar-refractivity contribution in [2.45, 2.75) is 25.2 Å². The summed E-state index contributed by atoms with van der Waals surface area (Å²) in [6.45, 7) is 0. The largest absolute Gasteiger partial charge is 0.443 e. The fraction of sp³-hybridized carbons (Fsp3) is 0.211. The molecule has 0 unspecified atom stereocenters. The highest BCUT2D eigenvalue weighted by Gasteiger charge is 2.39. The van der Waals surface area contributed by atoms with Gasteiger partial charge in [-0.1, -0.05) is 6.07 Å². The standard InChI is InChI=1S/C19H15N3O2/c20-11-14-17(13-5-4-8-21-12-13)18-15(23)6-3-7-16(18)24-19(14)22-9-1-2-10-22/h1-2,4-5,8-10,12,17H,3,6-7H2/t17-/m1/s1. The maximum absolute atomic E-state index is 12.6. The van der Waals surface area contributed by atoms with E-state index in [1.54, 1.807) is 17.0 Å². The number of rotatable bonds is 2. The summed E-state index contributed by atoms with van der Waals surface area (Å²) in [6, 6.07) is 9.74. The fourth-order valence-corrected chi connectivity index (χ4v) is 3.36. The molecule has 2 aliphatic rings. The summed E-state index contributed by atoms with van der Waals surface area (Å²) in [5.41, 5.74) is 1.89. The summed E-state index contributed by atoms with van der Waals surface area (Å²) < 4.78 is 7.80. The van der Waals surface area contributed by atoms with E-state index in [0.29, 0.717) is 35.6 Å². The lowest BCUT2D eigenvalue weighted by atomic mass is 9.78. The number of carbonyl (C=O) groups is 1. The van der Waals surface area contributed by atoms with Crippen LogP contribution < -0.4 is 0 Å². The minimum absolute atomic E-state index is 0.0596. The molecule has 0 saturated heterocycles. The molecule has 0 saturated carbocycles. The summed E-state index contributed by atoms with van der Waals surface area (Å²) in [5.74, 6) is 0.801. The maximum Gasteiger partial charge on any atom is 0.218 e. The number of hydrogen-bond donors (Lipinski definition) is 0. The van der Waals surface area contributed by atoms with Crippen LogP contribution in [0.5, 0.6) is 0 Å². The van der Waals surface area contributed by atoms with Gasteiger partial charge < -0.3 is 4.74 Å². The zero-order valence-corrected chi connectivity index (χ0v) is 13.0. The monoisotopic (exact) mass is 317 g/mol. The zero-order valence-electron chi connectivity index (χ0n) is 13.0. The van der Waals surface area contributed by atoms with Crippen LogP contribution in [0.3, 0.4) is 0 Å². The highest BCUT2D eigenvalue weighted by atomic mass is 16.5. The molecule has 0 radical (unpaired) electrons. The Kier molecular flexibility index (Phi) is 3.51. The van der Waals surface area contributed by atoms with Gasteiger partial charge in [0.05, 0.1) is 5.92 Å². The normalized spacial score (nSPS) is 20.5. The number of ketones is 1. The van der Waals surface area contributed by atoms with Crippen molar-refractivity contribution < 1.29 is 9.53 Å². The highest BCUT2D eigenvalue weighted by Crippen LogP contribution is 2.45. The van der Waals surface area contributed by atoms with Crippen molar-refractivity contribution in [1.29, 1.82) is 5.26 Å². The zero-order chi connectivity index (χ0) is 16.5. The maximum atomic E-state index is 12.6. The van der Waals surface area contributed by atoms with Crippen molar-refractivity contribution in [1.82, 2.24) is 9.55 Å². The van der Waals surface area contributed by atoms with Crippen LogP contribution in [0.1, 0.15) is 30.7 Å². The van der Waals surface area contributed by atoms with E-state index >= 15 is 0 Å². The second-order valence-electron chi connectivity index (χ2n) is 5.86. The van der Waals surface area contributed by atoms with Crippen LogP contribution in [0.25, 0.3) is 5.88 Å². The van der Waals surface area contributed by atoms with E-state index in [1.165, 1.54) is 0 Å². The van der Waals surface area contributed by atoms with Crippen LogP contribution in [0.15, 0.2) is 66.0 Å². The Morgan fingerprint density at radius 3 is 2.79 bits per heavy atom. The van der Waals surface area contributed by atoms with Crippen molar-refractivity contribution in [2.75, 3.05) is 0 Å². The second kappa shape index (κ2) is 5.82. The molecule has 0 N–H and O–H groups in total. The summed E-state index contributed by atoms with van der Waals surface area (Å²) in [4.78, 5) is 16.7. The van der Waals surface area contributed by atoms with Gasteiger partial charge in [-0.2, -0.15) is 5.26 Å². The summed E-state index contributed by atoms with van der Waals surface area (Å²) in [5, 5.41) is 9.81. The molecule has 0 amide bonds. The predicted molar refractivity (Wildman–Crippen MR) is 87.2 cm³/mol. The lowest BCUT2D eigenvalue weighted by molar-refractivity contribution is -0.116. The Morgan fingerprint density at radius 2 is 2.08 bits per heavy atom. The first-order chi connectivity index (χ1) is 11.8. The van der Waals surface area contributed by atoms with Gasteiger partial charge in [-0.15, -0.1) is 0 Å². The summed E-state index contributed by atoms with van der Waals surface area (Å²) in [7, 11) is 0. The minimum Gasteiger partial charge on any atom is -0.443 e. The molecule has 5 heteroatoms. The molecule has 0 spiro atoms. The van der Waals surface area contributed by atoms with Gasteiger partial charge in [-0.05, 0) is 30.2 Å². The highest BCUT2D eigenvalue weighted by molar-refractivity contribution is 6.00. The Balaban J connectivity index is 1.95. The first-order valence-corrected chi connectivity index (χ1v) is 7.91. The number of Topliss-reactive ketones (excluding diaryl/α,β-unsaturated/α-hetero) is 1. The van der Waals surface area contributed by atoms with Crippen LogP contribution in [-0.2, 0) is 9.53 Å². The van der Waals surface area contributed by atoms with Gasteiger partial charge in [0.25, 0.3) is 0 Å². The van der Waals surface area contributed by atoms with Gasteiger partial charge in [-0.25, -0.2) is 0 Å². The van der Waals surface area contributed by atoms with Crippen LogP contribution in [0.2, 0.25) is 0 Å². The molecule has 1 atom stereocenters. The average molecular weight is 317 g/mol. The smallest absolute Gasteiger partial charge is 0.218 e. The minimum atomic E-state index is -0.419. The molecule has 0 aromatic carbocycles. The van der Waals surface area contributed by atoms with Gasteiger partial charge in [0.15, 0.2) is 5.78 Å². The van der Waals surface area contributed by atoms with E-state index in [9.17, 15) is 10.1 Å². The lowest BCUT2D eigenvalue weighted by Crippen LogP contribution is -2.26. The van der Waals surface area contributed by atoms with Crippen molar-refractivity contribution in [2.24, 2.45) is 0 Å². The molecule has 5 nitrogen and oxygen atoms in total. The fourth-order valence-electron chi connectivity index (χ4n) is 3.36. The van der Waals surface area contributed by atoms with Gasteiger partial charge in [-0.3, -0.25) is 14.3 Å². The average Bonchev–Trinajstić information content (AvgIpc) is 3.15. The number of carbonyl (C=O) groups excluding carboxylic acids is 1. The number of hydrogen-bond acceptors (Lipinski definition) is 4. The van der Waals surface area contributed by atoms with Gasteiger partial charge in [0, 0.05) is 43.2 Å². The van der Waals surface area contributed by atoms with Crippen LogP contribution in [-0.4, -0.2) is 15.3 Å². The first kappa shape index (κ1) is 14.5. The molecule has 2 aromatic heterocycles. The van der Waals surface area contributed by atoms with Gasteiger partial charge >= 0.3 is 0 Å². The molecule has 1 aliphatic heterocycles. The third-order valence-electron chi connectivity index (χ3n) is 4.41. The predicted octanol–water partition coefficient (Wildman–Crippen LogP) is 3.40. The third kappa shape index (κ3) is 2.24. The summed E-state index contributed by atoms with van der Waals surface area (Å²) >= 11 is 0. The molecule has 118 valence electrons. The molecule has 24 heavy (non-hydrogen) atoms. The second-order valence-corrected chi connectivity index (χ2v) is 5.86. The van der Waals surface area contributed by atoms with Gasteiger partial charge in [0.1, 0.15) is 17.4 Å². The van der Waals surface area contributed by atoms with E-state index < -0.39 is 5.92 Å². The lowest BCUT2D eigenvalue weighted by Gasteiger charge is -2.32. The van der Waals surface area contributed by atoms with E-state index in [4.69, 9.17) is 4.74 Å². The van der Waals surface area contributed by atoms with Crippen molar-refractivity contribution >= 4 is 11.7 Å². The van der Waals surface area contributed by atoms with E-state index in [2.05, 4.69) is 11.1 Å². The molecule has 4 rings (SSSR count). The van der Waals surface area contributed by atoms with Crippen molar-refractivity contribution in [3.8, 4) is 6.07 Å². The van der Waals surface area contributed by atoms with E-state index in [0.717, 1.165) is 12.0 Å². The number of nitrogens with zero attached hydrogens (tertiary/aromatic N) is 3. The molecule has 1 aliphatic carbocycles. The van der Waals surface area contributed by atoms with E-state index in [1.807, 2.05) is 36.7 Å². The third-order valence-corrected chi connectivity index (χ3v) is 4.41. The van der Waals surface area contributed by atoms with Crippen LogP contribution >= 0.6 is 0 Å². The summed E-state index contributed by atoms with van der Waals surface area (Å²) in [6.07, 6.45) is 9.05. The topological polar surface area (TPSA) is 67.9 Å². The Morgan fingerprint density at radius 1 is 1.25 bits per heavy atom. The molecule has 0 bridgehead atoms. The molecular weight excluding hydrogens is 302 g/mol. The Hall–Kier alpha value is -3.13. The first-order valence-electron chi connectivity index (χ1n) is 7.91. The quantitative estimate of drug-likeness (QED) is 0.851. The molecule has 3 heterocycles. The van der Waals surface area contributed by atoms with Crippen molar-refractivity contribution in [3.05, 3.63) is 71.5 Å². The van der Waals surface area contributed by atoms with Crippen molar-refractivity contribution in [3.63, 3.8) is 0 Å². The molecule has 0 fully saturated rings. The van der Waals surface area contributed by atoms with E-state index in [-0.39, 0.29) is 5.78 Å². The Bertz CT molecular complexity index is 886.